The van der Waals surface area contributed by atoms with Gasteiger partial charge in [-0.1, -0.05) is 0 Å². The average Bonchev–Trinajstić information content (AvgIpc) is 2.49. The summed E-state index contributed by atoms with van der Waals surface area (Å²) >= 11 is 1.62. The van der Waals surface area contributed by atoms with Gasteiger partial charge < -0.3 is 10.4 Å². The maximum Gasteiger partial charge on any atom is 0.161 e. The van der Waals surface area contributed by atoms with Gasteiger partial charge in [0.2, 0.25) is 0 Å². The minimum absolute atomic E-state index is 0.445. The third-order valence-electron chi connectivity index (χ3n) is 3.42. The molecule has 2 heterocycles. The lowest BCUT2D eigenvalue weighted by molar-refractivity contribution is 0.0996. The summed E-state index contributed by atoms with van der Waals surface area (Å²) in [7, 11) is 0. The highest BCUT2D eigenvalue weighted by Gasteiger charge is 2.20. The van der Waals surface area contributed by atoms with Crippen molar-refractivity contribution >= 4 is 17.6 Å². The Hall–Kier alpha value is -1.66. The maximum absolute atomic E-state index is 10.3. The average molecular weight is 318 g/mol. The highest BCUT2D eigenvalue weighted by molar-refractivity contribution is 7.98. The lowest BCUT2D eigenvalue weighted by atomic mass is 10.1. The lowest BCUT2D eigenvalue weighted by Crippen LogP contribution is -2.36. The standard InChI is InChI=1S/C16H22N4OS/c1-11-12(2)19-15(13-5-7-17-8-6-13)20-14(11)18-9-16(3,21)10-22-4/h5-8,21H,9-10H2,1-4H3,(H,18,19,20). The lowest BCUT2D eigenvalue weighted by Gasteiger charge is -2.23. The van der Waals surface area contributed by atoms with E-state index in [1.807, 2.05) is 39.2 Å². The summed E-state index contributed by atoms with van der Waals surface area (Å²) in [4.78, 5) is 13.2. The molecule has 118 valence electrons. The van der Waals surface area contributed by atoms with Gasteiger partial charge in [-0.2, -0.15) is 11.8 Å². The summed E-state index contributed by atoms with van der Waals surface area (Å²) in [6, 6.07) is 3.77. The summed E-state index contributed by atoms with van der Waals surface area (Å²) in [5, 5.41) is 13.5. The van der Waals surface area contributed by atoms with Crippen LogP contribution in [0.15, 0.2) is 24.5 Å². The number of aromatic nitrogens is 3. The molecular weight excluding hydrogens is 296 g/mol. The Balaban J connectivity index is 2.26. The number of pyridine rings is 1. The molecule has 0 aliphatic carbocycles. The second-order valence-corrected chi connectivity index (χ2v) is 6.49. The fourth-order valence-corrected chi connectivity index (χ4v) is 2.79. The van der Waals surface area contributed by atoms with Crippen molar-refractivity contribution in [3.05, 3.63) is 35.8 Å². The molecule has 22 heavy (non-hydrogen) atoms. The van der Waals surface area contributed by atoms with Crippen molar-refractivity contribution in [3.8, 4) is 11.4 Å². The van der Waals surface area contributed by atoms with E-state index in [0.717, 1.165) is 22.6 Å². The van der Waals surface area contributed by atoms with Crippen LogP contribution in [0.3, 0.4) is 0 Å². The van der Waals surface area contributed by atoms with Crippen LogP contribution in [0.2, 0.25) is 0 Å². The van der Waals surface area contributed by atoms with Gasteiger partial charge in [-0.05, 0) is 39.2 Å². The minimum Gasteiger partial charge on any atom is -0.387 e. The molecule has 0 saturated carbocycles. The van der Waals surface area contributed by atoms with Crippen LogP contribution in [-0.2, 0) is 0 Å². The Morgan fingerprint density at radius 1 is 1.23 bits per heavy atom. The fourth-order valence-electron chi connectivity index (χ4n) is 2.07. The fraction of sp³-hybridized carbons (Fsp3) is 0.438. The van der Waals surface area contributed by atoms with Gasteiger partial charge in [-0.25, -0.2) is 9.97 Å². The molecule has 0 radical (unpaired) electrons. The second kappa shape index (κ2) is 7.07. The van der Waals surface area contributed by atoms with Crippen LogP contribution < -0.4 is 5.32 Å². The number of aliphatic hydroxyl groups is 1. The van der Waals surface area contributed by atoms with E-state index in [-0.39, 0.29) is 0 Å². The molecule has 0 aliphatic heterocycles. The van der Waals surface area contributed by atoms with Gasteiger partial charge in [0.15, 0.2) is 5.82 Å². The molecule has 0 saturated heterocycles. The van der Waals surface area contributed by atoms with E-state index in [4.69, 9.17) is 0 Å². The number of hydrogen-bond donors (Lipinski definition) is 2. The topological polar surface area (TPSA) is 70.9 Å². The van der Waals surface area contributed by atoms with Crippen LogP contribution in [0.1, 0.15) is 18.2 Å². The monoisotopic (exact) mass is 318 g/mol. The van der Waals surface area contributed by atoms with Gasteiger partial charge in [-0.3, -0.25) is 4.98 Å². The molecule has 2 N–H and O–H groups in total. The number of nitrogens with zero attached hydrogens (tertiary/aromatic N) is 3. The Kier molecular flexibility index (Phi) is 5.37. The Morgan fingerprint density at radius 2 is 1.91 bits per heavy atom. The number of anilines is 1. The van der Waals surface area contributed by atoms with E-state index in [1.54, 1.807) is 24.2 Å². The van der Waals surface area contributed by atoms with E-state index < -0.39 is 5.60 Å². The molecule has 6 heteroatoms. The third kappa shape index (κ3) is 4.18. The van der Waals surface area contributed by atoms with Crippen molar-refractivity contribution in [1.82, 2.24) is 15.0 Å². The highest BCUT2D eigenvalue weighted by atomic mass is 32.2. The summed E-state index contributed by atoms with van der Waals surface area (Å²) < 4.78 is 0. The normalized spacial score (nSPS) is 13.7. The first-order chi connectivity index (χ1) is 10.4. The maximum atomic E-state index is 10.3. The van der Waals surface area contributed by atoms with E-state index in [9.17, 15) is 5.11 Å². The van der Waals surface area contributed by atoms with Crippen LogP contribution in [-0.4, -0.2) is 44.2 Å². The summed E-state index contributed by atoms with van der Waals surface area (Å²) in [6.45, 7) is 6.22. The minimum atomic E-state index is -0.776. The summed E-state index contributed by atoms with van der Waals surface area (Å²) in [5.41, 5.74) is 2.07. The molecule has 1 atom stereocenters. The number of thioether (sulfide) groups is 1. The third-order valence-corrected chi connectivity index (χ3v) is 4.33. The van der Waals surface area contributed by atoms with Gasteiger partial charge in [0, 0.05) is 41.5 Å². The van der Waals surface area contributed by atoms with Crippen LogP contribution in [0.25, 0.3) is 11.4 Å². The molecule has 0 aliphatic rings. The van der Waals surface area contributed by atoms with E-state index >= 15 is 0 Å². The van der Waals surface area contributed by atoms with E-state index in [1.165, 1.54) is 0 Å². The van der Waals surface area contributed by atoms with E-state index in [2.05, 4.69) is 20.3 Å². The predicted molar refractivity (Wildman–Crippen MR) is 92.2 cm³/mol. The van der Waals surface area contributed by atoms with Crippen molar-refractivity contribution in [3.63, 3.8) is 0 Å². The SMILES string of the molecule is CSCC(C)(O)CNc1nc(-c2ccncc2)nc(C)c1C. The second-order valence-electron chi connectivity index (χ2n) is 5.63. The zero-order valence-electron chi connectivity index (χ0n) is 13.4. The molecule has 0 amide bonds. The van der Waals surface area contributed by atoms with Crippen LogP contribution in [0.4, 0.5) is 5.82 Å². The van der Waals surface area contributed by atoms with Gasteiger partial charge >= 0.3 is 0 Å². The predicted octanol–water partition coefficient (Wildman–Crippen LogP) is 2.68. The molecule has 0 spiro atoms. The molecule has 2 rings (SSSR count). The molecule has 0 aromatic carbocycles. The summed E-state index contributed by atoms with van der Waals surface area (Å²) in [6.07, 6.45) is 5.44. The van der Waals surface area contributed by atoms with Crippen molar-refractivity contribution in [2.45, 2.75) is 26.4 Å². The Morgan fingerprint density at radius 3 is 2.55 bits per heavy atom. The van der Waals surface area contributed by atoms with Crippen molar-refractivity contribution in [2.24, 2.45) is 0 Å². The van der Waals surface area contributed by atoms with Gasteiger partial charge in [0.05, 0.1) is 5.60 Å². The van der Waals surface area contributed by atoms with Gasteiger partial charge in [0.25, 0.3) is 0 Å². The van der Waals surface area contributed by atoms with Crippen molar-refractivity contribution in [2.75, 3.05) is 23.9 Å². The first-order valence-electron chi connectivity index (χ1n) is 7.14. The molecular formula is C16H22N4OS. The first-order valence-corrected chi connectivity index (χ1v) is 8.53. The Bertz CT molecular complexity index is 632. The van der Waals surface area contributed by atoms with Crippen molar-refractivity contribution < 1.29 is 5.11 Å². The molecule has 1 unspecified atom stereocenters. The number of rotatable bonds is 6. The van der Waals surface area contributed by atoms with Crippen LogP contribution >= 0.6 is 11.8 Å². The van der Waals surface area contributed by atoms with Crippen LogP contribution in [0, 0.1) is 13.8 Å². The largest absolute Gasteiger partial charge is 0.387 e. The van der Waals surface area contributed by atoms with Gasteiger partial charge in [0.1, 0.15) is 5.82 Å². The smallest absolute Gasteiger partial charge is 0.161 e. The first kappa shape index (κ1) is 16.7. The van der Waals surface area contributed by atoms with E-state index in [0.29, 0.717) is 18.1 Å². The highest BCUT2D eigenvalue weighted by Crippen LogP contribution is 2.22. The van der Waals surface area contributed by atoms with Crippen molar-refractivity contribution in [1.29, 1.82) is 0 Å². The number of hydrogen-bond acceptors (Lipinski definition) is 6. The molecule has 2 aromatic rings. The molecule has 2 aromatic heterocycles. The van der Waals surface area contributed by atoms with Crippen LogP contribution in [0.5, 0.6) is 0 Å². The molecule has 5 nitrogen and oxygen atoms in total. The Labute approximate surface area is 135 Å². The zero-order valence-corrected chi connectivity index (χ0v) is 14.2. The number of aryl methyl sites for hydroxylation is 1. The van der Waals surface area contributed by atoms with Gasteiger partial charge in [-0.15, -0.1) is 0 Å². The quantitative estimate of drug-likeness (QED) is 0.853. The molecule has 0 fully saturated rings. The molecule has 0 bridgehead atoms. The zero-order chi connectivity index (χ0) is 16.2. The summed E-state index contributed by atoms with van der Waals surface area (Å²) in [5.74, 6) is 2.10. The number of nitrogens with one attached hydrogen (secondary N) is 1.